The third-order valence-corrected chi connectivity index (χ3v) is 4.83. The van der Waals surface area contributed by atoms with Crippen LogP contribution < -0.4 is 5.46 Å². The third-order valence-electron chi connectivity index (χ3n) is 4.83. The summed E-state index contributed by atoms with van der Waals surface area (Å²) >= 11 is 0. The van der Waals surface area contributed by atoms with Crippen molar-refractivity contribution in [1.29, 1.82) is 0 Å². The lowest BCUT2D eigenvalue weighted by Crippen LogP contribution is -2.06. The third kappa shape index (κ3) is 2.97. The molecule has 0 saturated carbocycles. The summed E-state index contributed by atoms with van der Waals surface area (Å²) in [6.45, 7) is 2.16. The Labute approximate surface area is 156 Å². The molecular formula is C25H19B. The van der Waals surface area contributed by atoms with Crippen LogP contribution in [0.15, 0.2) is 97.1 Å². The van der Waals surface area contributed by atoms with Crippen LogP contribution in [-0.4, -0.2) is 7.85 Å². The minimum atomic E-state index is 0.799. The van der Waals surface area contributed by atoms with Gasteiger partial charge in [0.15, 0.2) is 0 Å². The molecule has 2 radical (unpaired) electrons. The molecule has 0 bridgehead atoms. The van der Waals surface area contributed by atoms with Crippen LogP contribution >= 0.6 is 0 Å². The van der Waals surface area contributed by atoms with Crippen LogP contribution in [0.25, 0.3) is 33.4 Å². The van der Waals surface area contributed by atoms with Gasteiger partial charge < -0.3 is 0 Å². The molecule has 26 heavy (non-hydrogen) atoms. The molecule has 0 unspecified atom stereocenters. The summed E-state index contributed by atoms with van der Waals surface area (Å²) in [6.07, 6.45) is 0. The van der Waals surface area contributed by atoms with E-state index in [4.69, 9.17) is 7.85 Å². The zero-order valence-electron chi connectivity index (χ0n) is 14.8. The number of aryl methyl sites for hydroxylation is 1. The van der Waals surface area contributed by atoms with Gasteiger partial charge in [0.25, 0.3) is 0 Å². The van der Waals surface area contributed by atoms with Gasteiger partial charge in [-0.05, 0) is 45.9 Å². The van der Waals surface area contributed by atoms with Gasteiger partial charge in [0.05, 0.1) is 0 Å². The molecule has 0 aliphatic rings. The van der Waals surface area contributed by atoms with Crippen molar-refractivity contribution in [2.75, 3.05) is 0 Å². The van der Waals surface area contributed by atoms with Crippen molar-refractivity contribution in [3.63, 3.8) is 0 Å². The molecular weight excluding hydrogens is 311 g/mol. The average Bonchev–Trinajstić information content (AvgIpc) is 2.69. The maximum absolute atomic E-state index is 6.27. The Hall–Kier alpha value is -3.06. The van der Waals surface area contributed by atoms with E-state index in [0.717, 1.165) is 16.6 Å². The Morgan fingerprint density at radius 3 is 1.27 bits per heavy atom. The maximum Gasteiger partial charge on any atom is 0.114 e. The molecule has 0 atom stereocenters. The van der Waals surface area contributed by atoms with Crippen LogP contribution in [-0.2, 0) is 0 Å². The first kappa shape index (κ1) is 16.4. The molecule has 4 aromatic rings. The molecule has 4 rings (SSSR count). The molecule has 0 amide bonds. The summed E-state index contributed by atoms with van der Waals surface area (Å²) in [6, 6.07) is 33.7. The summed E-state index contributed by atoms with van der Waals surface area (Å²) in [7, 11) is 6.27. The second-order valence-electron chi connectivity index (χ2n) is 6.49. The lowest BCUT2D eigenvalue weighted by Gasteiger charge is -2.17. The largest absolute Gasteiger partial charge is 0.114 e. The van der Waals surface area contributed by atoms with E-state index in [-0.39, 0.29) is 0 Å². The minimum absolute atomic E-state index is 0.799. The summed E-state index contributed by atoms with van der Waals surface area (Å²) in [5.74, 6) is 0. The van der Waals surface area contributed by atoms with Gasteiger partial charge in [-0.1, -0.05) is 103 Å². The van der Waals surface area contributed by atoms with Crippen molar-refractivity contribution in [1.82, 2.24) is 0 Å². The van der Waals surface area contributed by atoms with Crippen LogP contribution in [0.5, 0.6) is 0 Å². The molecule has 4 aromatic carbocycles. The lowest BCUT2D eigenvalue weighted by atomic mass is 9.83. The highest BCUT2D eigenvalue weighted by molar-refractivity contribution is 6.36. The maximum atomic E-state index is 6.27. The standard InChI is InChI=1S/C25H19B/c1-18-10-2-3-11-19(18)20-12-4-5-13-21(20)22-14-6-7-15-23(22)24-16-8-9-17-25(24)26/h2-17H,1H3. The minimum Gasteiger partial charge on any atom is -0.0890 e. The Kier molecular flexibility index (Phi) is 4.45. The molecule has 0 aliphatic heterocycles. The highest BCUT2D eigenvalue weighted by Crippen LogP contribution is 2.38. The monoisotopic (exact) mass is 330 g/mol. The zero-order chi connectivity index (χ0) is 17.9. The van der Waals surface area contributed by atoms with Gasteiger partial charge in [-0.25, -0.2) is 0 Å². The first-order valence-electron chi connectivity index (χ1n) is 8.85. The summed E-state index contributed by atoms with van der Waals surface area (Å²) in [5, 5.41) is 0. The van der Waals surface area contributed by atoms with Crippen molar-refractivity contribution >= 4 is 13.3 Å². The SMILES string of the molecule is [B]c1ccccc1-c1ccccc1-c1ccccc1-c1ccccc1C. The van der Waals surface area contributed by atoms with E-state index in [1.807, 2.05) is 18.2 Å². The van der Waals surface area contributed by atoms with Crippen LogP contribution in [0.4, 0.5) is 0 Å². The van der Waals surface area contributed by atoms with Crippen molar-refractivity contribution in [2.45, 2.75) is 6.92 Å². The van der Waals surface area contributed by atoms with Gasteiger partial charge in [0.1, 0.15) is 7.85 Å². The topological polar surface area (TPSA) is 0 Å². The van der Waals surface area contributed by atoms with E-state index >= 15 is 0 Å². The Balaban J connectivity index is 1.97. The molecule has 0 aromatic heterocycles. The van der Waals surface area contributed by atoms with Crippen molar-refractivity contribution in [3.8, 4) is 33.4 Å². The van der Waals surface area contributed by atoms with Gasteiger partial charge in [0, 0.05) is 0 Å². The van der Waals surface area contributed by atoms with Gasteiger partial charge in [-0.2, -0.15) is 0 Å². The molecule has 0 saturated heterocycles. The van der Waals surface area contributed by atoms with E-state index in [1.165, 1.54) is 27.8 Å². The smallest absolute Gasteiger partial charge is 0.0890 e. The van der Waals surface area contributed by atoms with Crippen molar-refractivity contribution in [2.24, 2.45) is 0 Å². The number of hydrogen-bond donors (Lipinski definition) is 0. The molecule has 0 N–H and O–H groups in total. The second-order valence-corrected chi connectivity index (χ2v) is 6.49. The fourth-order valence-corrected chi connectivity index (χ4v) is 3.52. The van der Waals surface area contributed by atoms with Gasteiger partial charge >= 0.3 is 0 Å². The van der Waals surface area contributed by atoms with E-state index in [0.29, 0.717) is 0 Å². The molecule has 0 fully saturated rings. The van der Waals surface area contributed by atoms with Crippen LogP contribution in [0.3, 0.4) is 0 Å². The normalized spacial score (nSPS) is 10.7. The highest BCUT2D eigenvalue weighted by atomic mass is 14.2. The summed E-state index contributed by atoms with van der Waals surface area (Å²) in [4.78, 5) is 0. The summed E-state index contributed by atoms with van der Waals surface area (Å²) < 4.78 is 0. The second kappa shape index (κ2) is 7.05. The lowest BCUT2D eigenvalue weighted by molar-refractivity contribution is 1.45. The van der Waals surface area contributed by atoms with Crippen molar-refractivity contribution in [3.05, 3.63) is 103 Å². The molecule has 0 heterocycles. The van der Waals surface area contributed by atoms with E-state index < -0.39 is 0 Å². The number of rotatable bonds is 3. The zero-order valence-corrected chi connectivity index (χ0v) is 14.8. The quantitative estimate of drug-likeness (QED) is 0.417. The molecule has 1 heteroatoms. The number of hydrogen-bond acceptors (Lipinski definition) is 0. The molecule has 0 aliphatic carbocycles. The molecule has 122 valence electrons. The van der Waals surface area contributed by atoms with E-state index in [2.05, 4.69) is 85.8 Å². The average molecular weight is 330 g/mol. The predicted octanol–water partition coefficient (Wildman–Crippen LogP) is 5.79. The van der Waals surface area contributed by atoms with Gasteiger partial charge in [-0.15, -0.1) is 0 Å². The fourth-order valence-electron chi connectivity index (χ4n) is 3.52. The van der Waals surface area contributed by atoms with Crippen LogP contribution in [0.2, 0.25) is 0 Å². The van der Waals surface area contributed by atoms with E-state index in [1.54, 1.807) is 0 Å². The van der Waals surface area contributed by atoms with Gasteiger partial charge in [0.2, 0.25) is 0 Å². The summed E-state index contributed by atoms with van der Waals surface area (Å²) in [5.41, 5.74) is 9.23. The van der Waals surface area contributed by atoms with E-state index in [9.17, 15) is 0 Å². The molecule has 0 spiro atoms. The predicted molar refractivity (Wildman–Crippen MR) is 113 cm³/mol. The van der Waals surface area contributed by atoms with Crippen molar-refractivity contribution < 1.29 is 0 Å². The van der Waals surface area contributed by atoms with Crippen LogP contribution in [0, 0.1) is 6.92 Å². The van der Waals surface area contributed by atoms with Gasteiger partial charge in [-0.3, -0.25) is 0 Å². The first-order valence-corrected chi connectivity index (χ1v) is 8.85. The Morgan fingerprint density at radius 2 is 0.769 bits per heavy atom. The Morgan fingerprint density at radius 1 is 0.423 bits per heavy atom. The molecule has 0 nitrogen and oxygen atoms in total. The fraction of sp³-hybridized carbons (Fsp3) is 0.0400. The Bertz CT molecular complexity index is 976. The van der Waals surface area contributed by atoms with Crippen LogP contribution in [0.1, 0.15) is 5.56 Å². The highest BCUT2D eigenvalue weighted by Gasteiger charge is 2.13. The first-order chi connectivity index (χ1) is 12.8. The number of benzene rings is 4.